The van der Waals surface area contributed by atoms with Gasteiger partial charge in [0.05, 0.1) is 18.7 Å². The molecular weight excluding hydrogens is 1160 g/mol. The summed E-state index contributed by atoms with van der Waals surface area (Å²) < 4.78 is 19.5. The molecule has 0 radical (unpaired) electrons. The summed E-state index contributed by atoms with van der Waals surface area (Å²) >= 11 is 1.04. The lowest BCUT2D eigenvalue weighted by atomic mass is 9.59. The molecule has 16 nitrogen and oxygen atoms in total. The number of carboxylic acids is 2. The zero-order chi connectivity index (χ0) is 68.6. The van der Waals surface area contributed by atoms with Gasteiger partial charge in [0, 0.05) is 45.8 Å². The van der Waals surface area contributed by atoms with Crippen molar-refractivity contribution in [2.45, 2.75) is 266 Å². The molecule has 0 aromatic carbocycles. The lowest BCUT2D eigenvalue weighted by Gasteiger charge is -2.50. The van der Waals surface area contributed by atoms with E-state index in [2.05, 4.69) is 119 Å². The number of aliphatic imine (C=N–C) groups is 1. The van der Waals surface area contributed by atoms with Crippen LogP contribution in [0, 0.1) is 73.9 Å². The number of carbonyl (C=O) groups is 7. The van der Waals surface area contributed by atoms with Crippen LogP contribution in [0.15, 0.2) is 34.0 Å². The Morgan fingerprint density at radius 3 is 1.49 bits per heavy atom. The minimum Gasteiger partial charge on any atom is -0.481 e. The van der Waals surface area contributed by atoms with Gasteiger partial charge in [-0.3, -0.25) is 19.2 Å². The monoisotopic (exact) mass is 1270 g/mol. The maximum Gasteiger partial charge on any atom is 0.342 e. The van der Waals surface area contributed by atoms with Crippen LogP contribution in [-0.4, -0.2) is 92.5 Å². The van der Waals surface area contributed by atoms with Crippen molar-refractivity contribution in [2.24, 2.45) is 78.9 Å². The van der Waals surface area contributed by atoms with Crippen LogP contribution in [0.1, 0.15) is 270 Å². The smallest absolute Gasteiger partial charge is 0.342 e. The third-order valence-corrected chi connectivity index (χ3v) is 21.6. The summed E-state index contributed by atoms with van der Waals surface area (Å²) in [6.07, 6.45) is 7.02. The number of hydrogen-bond donors (Lipinski definition) is 5. The Labute approximate surface area is 545 Å². The van der Waals surface area contributed by atoms with E-state index in [9.17, 15) is 24.6 Å². The third-order valence-electron chi connectivity index (χ3n) is 20.4. The Balaban J connectivity index is 2.09. The molecule has 3 aliphatic rings. The van der Waals surface area contributed by atoms with Gasteiger partial charge in [-0.05, 0) is 152 Å². The second-order valence-electron chi connectivity index (χ2n) is 31.9. The Hall–Kier alpha value is -5.19. The number of ether oxygens (including phenoxy) is 3. The quantitative estimate of drug-likeness (QED) is 0.0239. The maximum absolute atomic E-state index is 15.8. The predicted molar refractivity (Wildman–Crippen MR) is 363 cm³/mol. The van der Waals surface area contributed by atoms with E-state index < -0.39 is 64.6 Å². The second-order valence-corrected chi connectivity index (χ2v) is 33.2. The second kappa shape index (κ2) is 31.2. The molecule has 0 spiro atoms. The summed E-state index contributed by atoms with van der Waals surface area (Å²) in [5.74, 6) is -4.24. The number of esters is 3. The van der Waals surface area contributed by atoms with Crippen molar-refractivity contribution in [3.63, 3.8) is 0 Å². The number of aromatic nitrogens is 1. The molecule has 0 saturated heterocycles. The summed E-state index contributed by atoms with van der Waals surface area (Å²) in [5.41, 5.74) is -0.365. The fraction of sp³-hybridized carbons (Fsp3) is 0.753. The van der Waals surface area contributed by atoms with Crippen LogP contribution >= 0.6 is 11.8 Å². The number of carbonyl (C=O) groups excluding carboxylic acids is 5. The Morgan fingerprint density at radius 1 is 0.667 bits per heavy atom. The van der Waals surface area contributed by atoms with E-state index in [4.69, 9.17) is 19.2 Å². The predicted octanol–water partition coefficient (Wildman–Crippen LogP) is 16.8. The van der Waals surface area contributed by atoms with Gasteiger partial charge >= 0.3 is 29.8 Å². The van der Waals surface area contributed by atoms with Gasteiger partial charge in [-0.2, -0.15) is 0 Å². The van der Waals surface area contributed by atoms with Gasteiger partial charge in [0.1, 0.15) is 40.2 Å². The summed E-state index contributed by atoms with van der Waals surface area (Å²) in [4.78, 5) is 107. The number of carboxylic acid groups (broad SMARTS) is 2. The highest BCUT2D eigenvalue weighted by atomic mass is 32.2. The number of aliphatic carboxylic acids is 2. The first kappa shape index (κ1) is 77.3. The molecule has 17 heteroatoms. The highest BCUT2D eigenvalue weighted by Gasteiger charge is 2.51. The van der Waals surface area contributed by atoms with E-state index in [0.717, 1.165) is 37.4 Å². The SMILES string of the molecule is C=C(C)C(=O)OCCCC(CC)(CC)C(=O)Nc1[nH]c(/C=C2\N=C(NC(=O)C(CC)(CC)CCCSC(CC(=O)O)C(=O)O)C(C(=O)OC3C(C(C)(C)C)CC(C)CC3C(C)(C)C)=C2C(C)C)c(C(C)C)c1C(=O)OC1C(C(C)(C)C)CC(C)CC1C(C)(C)C. The van der Waals surface area contributed by atoms with Crippen LogP contribution in [0.25, 0.3) is 6.08 Å². The largest absolute Gasteiger partial charge is 0.481 e. The van der Waals surface area contributed by atoms with E-state index in [1.165, 1.54) is 0 Å². The number of anilines is 1. The topological polar surface area (TPSA) is 240 Å². The van der Waals surface area contributed by atoms with Crippen molar-refractivity contribution in [3.05, 3.63) is 45.8 Å². The van der Waals surface area contributed by atoms with Gasteiger partial charge in [0.25, 0.3) is 0 Å². The molecule has 1 aromatic heterocycles. The van der Waals surface area contributed by atoms with Crippen molar-refractivity contribution >= 4 is 71.2 Å². The number of thioether (sulfide) groups is 1. The molecule has 1 aromatic rings. The maximum atomic E-state index is 15.8. The number of amidine groups is 1. The first-order chi connectivity index (χ1) is 41.4. The van der Waals surface area contributed by atoms with Crippen molar-refractivity contribution in [1.29, 1.82) is 0 Å². The summed E-state index contributed by atoms with van der Waals surface area (Å²) in [7, 11) is 0. The molecule has 90 heavy (non-hydrogen) atoms. The zero-order valence-electron chi connectivity index (χ0n) is 59.6. The minimum atomic E-state index is -1.21. The van der Waals surface area contributed by atoms with Gasteiger partial charge in [-0.1, -0.05) is 159 Å². The molecule has 5 unspecified atom stereocenters. The third kappa shape index (κ3) is 19.0. The number of H-pyrrole nitrogens is 1. The minimum absolute atomic E-state index is 0.00208. The highest BCUT2D eigenvalue weighted by Crippen LogP contribution is 2.53. The molecule has 2 aliphatic carbocycles. The number of nitrogens with zero attached hydrogens (tertiary/aromatic N) is 1. The van der Waals surface area contributed by atoms with Gasteiger partial charge in [0.2, 0.25) is 11.8 Å². The number of rotatable bonds is 27. The van der Waals surface area contributed by atoms with Gasteiger partial charge in [-0.15, -0.1) is 11.8 Å². The number of hydrogen-bond acceptors (Lipinski definition) is 12. The van der Waals surface area contributed by atoms with Crippen LogP contribution < -0.4 is 10.6 Å². The molecule has 0 bridgehead atoms. The molecule has 2 amide bonds. The molecule has 508 valence electrons. The molecular formula is C73H118N4O12S. The summed E-state index contributed by atoms with van der Waals surface area (Å²) in [6.45, 7) is 52.0. The number of aromatic amines is 1. The van der Waals surface area contributed by atoms with E-state index in [1.807, 2.05) is 61.5 Å². The van der Waals surface area contributed by atoms with Crippen molar-refractivity contribution in [3.8, 4) is 0 Å². The number of amides is 2. The van der Waals surface area contributed by atoms with Gasteiger partial charge < -0.3 is 40.0 Å². The average molecular weight is 1280 g/mol. The average Bonchev–Trinajstić information content (AvgIpc) is 1.43. The number of nitrogens with one attached hydrogen (secondary N) is 3. The molecule has 4 rings (SSSR count). The van der Waals surface area contributed by atoms with Crippen molar-refractivity contribution < 1.29 is 58.0 Å². The molecule has 5 N–H and O–H groups in total. The van der Waals surface area contributed by atoms with Gasteiger partial charge in [-0.25, -0.2) is 19.4 Å². The molecule has 5 atom stereocenters. The van der Waals surface area contributed by atoms with Crippen LogP contribution in [0.4, 0.5) is 5.82 Å². The summed E-state index contributed by atoms with van der Waals surface area (Å²) in [6, 6.07) is 0. The lowest BCUT2D eigenvalue weighted by Crippen LogP contribution is -2.50. The van der Waals surface area contributed by atoms with E-state index >= 15 is 19.2 Å². The Bertz CT molecular complexity index is 2790. The van der Waals surface area contributed by atoms with Crippen LogP contribution in [0.2, 0.25) is 0 Å². The Kier molecular flexibility index (Phi) is 26.7. The molecule has 1 aliphatic heterocycles. The van der Waals surface area contributed by atoms with Crippen molar-refractivity contribution in [2.75, 3.05) is 17.7 Å². The van der Waals surface area contributed by atoms with E-state index in [-0.39, 0.29) is 104 Å². The fourth-order valence-corrected chi connectivity index (χ4v) is 15.5. The van der Waals surface area contributed by atoms with Gasteiger partial charge in [0.15, 0.2) is 0 Å². The zero-order valence-corrected chi connectivity index (χ0v) is 60.4. The van der Waals surface area contributed by atoms with Crippen LogP contribution in [0.5, 0.6) is 0 Å². The van der Waals surface area contributed by atoms with Crippen LogP contribution in [-0.2, 0) is 43.0 Å². The first-order valence-corrected chi connectivity index (χ1v) is 34.7. The number of allylic oxidation sites excluding steroid dienone is 1. The van der Waals surface area contributed by atoms with E-state index in [1.54, 1.807) is 6.92 Å². The first-order valence-electron chi connectivity index (χ1n) is 33.7. The molecule has 2 saturated carbocycles. The standard InChI is InChI=1S/C73H118N4O12S/c1-25-72(26-2,31-29-33-87-63(82)43(9)10)66(85)76-60-56(64(83)88-58-46(68(13,14)15)35-44(11)36-47(58)69(16,17)18)54(41(5)6)50(74-60)39-51-55(42(7)8)57(65(84)89-59-48(70(19,20)21)37-45(12)38-49(59)71(22,23)24)61(75-51)77-67(86)73(27-3,28-4)32-30-34-90-52(62(80)81)40-53(78)79/h39,41-42,44-49,52,58-59,74H,9,25-38,40H2,1-8,10-24H3,(H,76,85)(H,78,79)(H,80,81)(H,75,77,86)/b51-39-. The van der Waals surface area contributed by atoms with Crippen molar-refractivity contribution in [1.82, 2.24) is 10.3 Å². The highest BCUT2D eigenvalue weighted by molar-refractivity contribution is 8.00. The van der Waals surface area contributed by atoms with Crippen LogP contribution in [0.3, 0.4) is 0 Å². The lowest BCUT2D eigenvalue weighted by molar-refractivity contribution is -0.164. The molecule has 2 heterocycles. The Morgan fingerprint density at radius 2 is 1.10 bits per heavy atom. The summed E-state index contributed by atoms with van der Waals surface area (Å²) in [5, 5.41) is 24.5. The molecule has 2 fully saturated rings. The van der Waals surface area contributed by atoms with E-state index in [0.29, 0.717) is 91.5 Å². The normalized spacial score (nSPS) is 22.9. The fourth-order valence-electron chi connectivity index (χ4n) is 14.5.